The number of sulfonamides is 1. The zero-order chi connectivity index (χ0) is 20.1. The van der Waals surface area contributed by atoms with Gasteiger partial charge in [0.15, 0.2) is 0 Å². The zero-order valence-electron chi connectivity index (χ0n) is 16.0. The fourth-order valence-electron chi connectivity index (χ4n) is 3.72. The maximum atomic E-state index is 13.0. The summed E-state index contributed by atoms with van der Waals surface area (Å²) in [4.78, 5) is 26.1. The van der Waals surface area contributed by atoms with Crippen LogP contribution >= 0.6 is 0 Å². The Bertz CT molecular complexity index is 839. The van der Waals surface area contributed by atoms with Crippen molar-refractivity contribution in [1.29, 1.82) is 0 Å². The number of hydrogen-bond donors (Lipinski definition) is 1. The van der Waals surface area contributed by atoms with Crippen LogP contribution in [0.25, 0.3) is 0 Å². The van der Waals surface area contributed by atoms with Crippen LogP contribution in [0, 0.1) is 0 Å². The van der Waals surface area contributed by atoms with E-state index in [2.05, 4.69) is 11.9 Å². The van der Waals surface area contributed by atoms with Crippen molar-refractivity contribution in [2.45, 2.75) is 43.0 Å². The summed E-state index contributed by atoms with van der Waals surface area (Å²) in [6.07, 6.45) is 5.41. The first kappa shape index (κ1) is 20.5. The SMILES string of the molecule is C=CC(=O)NC1CCN(S(=O)(=O)c2cccc(C(=O)N3CCCCC3)c2)CC1. The normalized spacial score (nSPS) is 19.2. The summed E-state index contributed by atoms with van der Waals surface area (Å²) in [5.41, 5.74) is 0.413. The van der Waals surface area contributed by atoms with Crippen LogP contribution in [-0.2, 0) is 14.8 Å². The van der Waals surface area contributed by atoms with E-state index in [-0.39, 0.29) is 22.8 Å². The number of nitrogens with zero attached hydrogens (tertiary/aromatic N) is 2. The van der Waals surface area contributed by atoms with Crippen LogP contribution in [0.3, 0.4) is 0 Å². The smallest absolute Gasteiger partial charge is 0.253 e. The van der Waals surface area contributed by atoms with Crippen molar-refractivity contribution in [3.63, 3.8) is 0 Å². The number of carbonyl (C=O) groups excluding carboxylic acids is 2. The minimum atomic E-state index is -3.68. The van der Waals surface area contributed by atoms with Gasteiger partial charge in [0, 0.05) is 37.8 Å². The maximum absolute atomic E-state index is 13.0. The van der Waals surface area contributed by atoms with Crippen molar-refractivity contribution in [2.24, 2.45) is 0 Å². The lowest BCUT2D eigenvalue weighted by atomic mass is 10.1. The van der Waals surface area contributed by atoms with Gasteiger partial charge in [-0.25, -0.2) is 8.42 Å². The Labute approximate surface area is 166 Å². The second kappa shape index (κ2) is 8.87. The van der Waals surface area contributed by atoms with Gasteiger partial charge in [0.2, 0.25) is 15.9 Å². The fourth-order valence-corrected chi connectivity index (χ4v) is 5.23. The van der Waals surface area contributed by atoms with Crippen LogP contribution < -0.4 is 5.32 Å². The van der Waals surface area contributed by atoms with Gasteiger partial charge in [-0.3, -0.25) is 9.59 Å². The third-order valence-electron chi connectivity index (χ3n) is 5.35. The van der Waals surface area contributed by atoms with E-state index in [1.54, 1.807) is 17.0 Å². The summed E-state index contributed by atoms with van der Waals surface area (Å²) < 4.78 is 27.5. The Hall–Kier alpha value is -2.19. The highest BCUT2D eigenvalue weighted by molar-refractivity contribution is 7.89. The molecule has 1 N–H and O–H groups in total. The van der Waals surface area contributed by atoms with Crippen LogP contribution in [0.2, 0.25) is 0 Å². The van der Waals surface area contributed by atoms with Crippen molar-refractivity contribution in [2.75, 3.05) is 26.2 Å². The van der Waals surface area contributed by atoms with E-state index in [1.165, 1.54) is 22.5 Å². The molecule has 0 radical (unpaired) electrons. The van der Waals surface area contributed by atoms with E-state index in [9.17, 15) is 18.0 Å². The number of piperidine rings is 2. The maximum Gasteiger partial charge on any atom is 0.253 e. The molecule has 2 saturated heterocycles. The van der Waals surface area contributed by atoms with Crippen LogP contribution in [0.5, 0.6) is 0 Å². The molecule has 0 spiro atoms. The molecule has 2 heterocycles. The average molecular weight is 406 g/mol. The van der Waals surface area contributed by atoms with Gasteiger partial charge in [0.05, 0.1) is 4.90 Å². The van der Waals surface area contributed by atoms with Crippen LogP contribution in [-0.4, -0.2) is 61.7 Å². The summed E-state index contributed by atoms with van der Waals surface area (Å²) in [5.74, 6) is -0.354. The third kappa shape index (κ3) is 4.62. The van der Waals surface area contributed by atoms with Gasteiger partial charge in [-0.15, -0.1) is 0 Å². The quantitative estimate of drug-likeness (QED) is 0.757. The first-order valence-corrected chi connectivity index (χ1v) is 11.2. The fraction of sp³-hybridized carbons (Fsp3) is 0.500. The molecule has 0 unspecified atom stereocenters. The Morgan fingerprint density at radius 1 is 1.07 bits per heavy atom. The second-order valence-electron chi connectivity index (χ2n) is 7.27. The van der Waals surface area contributed by atoms with Crippen LogP contribution in [0.15, 0.2) is 41.8 Å². The van der Waals surface area contributed by atoms with Crippen LogP contribution in [0.4, 0.5) is 0 Å². The topological polar surface area (TPSA) is 86.8 Å². The highest BCUT2D eigenvalue weighted by Gasteiger charge is 2.30. The monoisotopic (exact) mass is 405 g/mol. The third-order valence-corrected chi connectivity index (χ3v) is 7.24. The van der Waals surface area contributed by atoms with Crippen LogP contribution in [0.1, 0.15) is 42.5 Å². The molecule has 28 heavy (non-hydrogen) atoms. The Morgan fingerprint density at radius 2 is 1.75 bits per heavy atom. The lowest BCUT2D eigenvalue weighted by molar-refractivity contribution is -0.117. The second-order valence-corrected chi connectivity index (χ2v) is 9.21. The molecular formula is C20H27N3O4S. The highest BCUT2D eigenvalue weighted by atomic mass is 32.2. The molecule has 7 nitrogen and oxygen atoms in total. The molecule has 2 fully saturated rings. The molecule has 1 aromatic carbocycles. The Morgan fingerprint density at radius 3 is 2.39 bits per heavy atom. The van der Waals surface area contributed by atoms with Crippen molar-refractivity contribution >= 4 is 21.8 Å². The molecule has 0 bridgehead atoms. The van der Waals surface area contributed by atoms with E-state index in [0.29, 0.717) is 31.5 Å². The van der Waals surface area contributed by atoms with E-state index >= 15 is 0 Å². The molecule has 152 valence electrons. The van der Waals surface area contributed by atoms with Crippen molar-refractivity contribution < 1.29 is 18.0 Å². The number of hydrogen-bond acceptors (Lipinski definition) is 4. The van der Waals surface area contributed by atoms with Gasteiger partial charge in [-0.1, -0.05) is 12.6 Å². The lowest BCUT2D eigenvalue weighted by Crippen LogP contribution is -2.46. The zero-order valence-corrected chi connectivity index (χ0v) is 16.8. The molecular weight excluding hydrogens is 378 g/mol. The first-order chi connectivity index (χ1) is 13.4. The molecule has 2 aliphatic heterocycles. The molecule has 0 atom stereocenters. The predicted molar refractivity (Wildman–Crippen MR) is 106 cm³/mol. The van der Waals surface area contributed by atoms with Gasteiger partial charge < -0.3 is 10.2 Å². The molecule has 2 amide bonds. The molecule has 0 aromatic heterocycles. The standard InChI is InChI=1S/C20H27N3O4S/c1-2-19(24)21-17-9-13-23(14-10-17)28(26,27)18-8-6-7-16(15-18)20(25)22-11-4-3-5-12-22/h2,6-8,15,17H,1,3-5,9-14H2,(H,21,24). The largest absolute Gasteiger partial charge is 0.350 e. The lowest BCUT2D eigenvalue weighted by Gasteiger charge is -2.31. The van der Waals surface area contributed by atoms with E-state index in [0.717, 1.165) is 32.4 Å². The minimum absolute atomic E-state index is 0.0519. The van der Waals surface area contributed by atoms with Gasteiger partial charge in [0.1, 0.15) is 0 Å². The molecule has 8 heteroatoms. The molecule has 0 aliphatic carbocycles. The summed E-state index contributed by atoms with van der Waals surface area (Å²) in [6, 6.07) is 6.27. The van der Waals surface area contributed by atoms with Gasteiger partial charge in [-0.05, 0) is 56.4 Å². The molecule has 0 saturated carbocycles. The Kier molecular flexibility index (Phi) is 6.51. The van der Waals surface area contributed by atoms with Crippen molar-refractivity contribution in [3.8, 4) is 0 Å². The number of benzene rings is 1. The van der Waals surface area contributed by atoms with Gasteiger partial charge >= 0.3 is 0 Å². The highest BCUT2D eigenvalue weighted by Crippen LogP contribution is 2.23. The van der Waals surface area contributed by atoms with E-state index in [1.807, 2.05) is 0 Å². The first-order valence-electron chi connectivity index (χ1n) is 9.74. The van der Waals surface area contributed by atoms with E-state index < -0.39 is 10.0 Å². The Balaban J connectivity index is 1.69. The summed E-state index contributed by atoms with van der Waals surface area (Å²) in [7, 11) is -3.68. The summed E-state index contributed by atoms with van der Waals surface area (Å²) >= 11 is 0. The van der Waals surface area contributed by atoms with Crippen molar-refractivity contribution in [3.05, 3.63) is 42.5 Å². The van der Waals surface area contributed by atoms with Crippen molar-refractivity contribution in [1.82, 2.24) is 14.5 Å². The number of carbonyl (C=O) groups is 2. The number of likely N-dealkylation sites (tertiary alicyclic amines) is 1. The number of rotatable bonds is 5. The predicted octanol–water partition coefficient (Wildman–Crippen LogP) is 1.77. The number of nitrogens with one attached hydrogen (secondary N) is 1. The average Bonchev–Trinajstić information content (AvgIpc) is 2.74. The van der Waals surface area contributed by atoms with Gasteiger partial charge in [-0.2, -0.15) is 4.31 Å². The van der Waals surface area contributed by atoms with Gasteiger partial charge in [0.25, 0.3) is 5.91 Å². The summed E-state index contributed by atoms with van der Waals surface area (Å²) in [5, 5.41) is 2.81. The van der Waals surface area contributed by atoms with E-state index in [4.69, 9.17) is 0 Å². The molecule has 3 rings (SSSR count). The number of amides is 2. The molecule has 2 aliphatic rings. The summed E-state index contributed by atoms with van der Waals surface area (Å²) in [6.45, 7) is 5.53. The minimum Gasteiger partial charge on any atom is -0.350 e. The molecule has 1 aromatic rings.